The number of hydrogen-bond acceptors (Lipinski definition) is 2. The van der Waals surface area contributed by atoms with Gasteiger partial charge in [-0.1, -0.05) is 40.2 Å². The number of nitrogens with two attached hydrogens (primary N) is 1. The molecule has 0 aromatic heterocycles. The molecule has 0 spiro atoms. The number of hydrogen-bond donors (Lipinski definition) is 1. The van der Waals surface area contributed by atoms with Gasteiger partial charge in [0, 0.05) is 21.2 Å². The lowest BCUT2D eigenvalue weighted by Gasteiger charge is -2.15. The van der Waals surface area contributed by atoms with E-state index in [0.29, 0.717) is 11.4 Å². The fourth-order valence-electron chi connectivity index (χ4n) is 1.65. The molecule has 0 bridgehead atoms. The minimum absolute atomic E-state index is 0.0550. The summed E-state index contributed by atoms with van der Waals surface area (Å²) in [5, 5.41) is 0.0550. The van der Waals surface area contributed by atoms with Crippen molar-refractivity contribution in [1.82, 2.24) is 0 Å². The van der Waals surface area contributed by atoms with Crippen LogP contribution in [0.25, 0.3) is 0 Å². The van der Waals surface area contributed by atoms with Gasteiger partial charge in [-0.2, -0.15) is 0 Å². The first-order valence-corrected chi connectivity index (χ1v) is 7.24. The molecular weight excluding hydrogens is 313 g/mol. The maximum atomic E-state index is 13.6. The molecule has 0 saturated heterocycles. The van der Waals surface area contributed by atoms with E-state index >= 15 is 0 Å². The van der Waals surface area contributed by atoms with Gasteiger partial charge in [-0.25, -0.2) is 4.39 Å². The standard InChI is InChI=1S/C14H13BrFNS/c15-11-5-3-4-10(8-11)14(9-17)18-13-7-2-1-6-12(13)16/h1-8,14H,9,17H2. The Bertz CT molecular complexity index is 533. The van der Waals surface area contributed by atoms with E-state index < -0.39 is 0 Å². The first-order chi connectivity index (χ1) is 8.70. The van der Waals surface area contributed by atoms with Crippen LogP contribution >= 0.6 is 27.7 Å². The SMILES string of the molecule is NCC(Sc1ccccc1F)c1cccc(Br)c1. The van der Waals surface area contributed by atoms with E-state index in [1.807, 2.05) is 30.3 Å². The molecule has 0 saturated carbocycles. The van der Waals surface area contributed by atoms with Gasteiger partial charge in [0.2, 0.25) is 0 Å². The second kappa shape index (κ2) is 6.36. The smallest absolute Gasteiger partial charge is 0.136 e. The quantitative estimate of drug-likeness (QED) is 0.844. The van der Waals surface area contributed by atoms with Crippen molar-refractivity contribution in [3.8, 4) is 0 Å². The van der Waals surface area contributed by atoms with Crippen molar-refractivity contribution in [2.75, 3.05) is 6.54 Å². The van der Waals surface area contributed by atoms with Crippen LogP contribution in [0.1, 0.15) is 10.8 Å². The van der Waals surface area contributed by atoms with E-state index in [1.165, 1.54) is 17.8 Å². The first-order valence-electron chi connectivity index (χ1n) is 5.57. The lowest BCUT2D eigenvalue weighted by atomic mass is 10.1. The Morgan fingerprint density at radius 1 is 1.17 bits per heavy atom. The second-order valence-corrected chi connectivity index (χ2v) is 5.99. The summed E-state index contributed by atoms with van der Waals surface area (Å²) in [6.07, 6.45) is 0. The maximum absolute atomic E-state index is 13.6. The fraction of sp³-hybridized carbons (Fsp3) is 0.143. The second-order valence-electron chi connectivity index (χ2n) is 3.83. The van der Waals surface area contributed by atoms with E-state index in [-0.39, 0.29) is 11.1 Å². The average molecular weight is 326 g/mol. The van der Waals surface area contributed by atoms with E-state index in [9.17, 15) is 4.39 Å². The van der Waals surface area contributed by atoms with E-state index in [2.05, 4.69) is 15.9 Å². The van der Waals surface area contributed by atoms with Crippen molar-refractivity contribution in [2.24, 2.45) is 5.73 Å². The van der Waals surface area contributed by atoms with Crippen LogP contribution in [0.5, 0.6) is 0 Å². The Kier molecular flexibility index (Phi) is 4.80. The van der Waals surface area contributed by atoms with Crippen LogP contribution in [0.3, 0.4) is 0 Å². The van der Waals surface area contributed by atoms with E-state index in [4.69, 9.17) is 5.73 Å². The van der Waals surface area contributed by atoms with Crippen molar-refractivity contribution >= 4 is 27.7 Å². The maximum Gasteiger partial charge on any atom is 0.136 e. The molecule has 2 aromatic carbocycles. The monoisotopic (exact) mass is 325 g/mol. The number of halogens is 2. The molecule has 1 nitrogen and oxygen atoms in total. The summed E-state index contributed by atoms with van der Waals surface area (Å²) in [6.45, 7) is 0.468. The van der Waals surface area contributed by atoms with Crippen LogP contribution in [0.15, 0.2) is 57.9 Å². The van der Waals surface area contributed by atoms with Crippen LogP contribution < -0.4 is 5.73 Å². The summed E-state index contributed by atoms with van der Waals surface area (Å²) in [6, 6.07) is 14.7. The minimum Gasteiger partial charge on any atom is -0.329 e. The third-order valence-electron chi connectivity index (χ3n) is 2.54. The van der Waals surface area contributed by atoms with Crippen LogP contribution in [0.2, 0.25) is 0 Å². The average Bonchev–Trinajstić information content (AvgIpc) is 2.38. The summed E-state index contributed by atoms with van der Waals surface area (Å²) >= 11 is 4.89. The number of benzene rings is 2. The van der Waals surface area contributed by atoms with E-state index in [1.54, 1.807) is 12.1 Å². The van der Waals surface area contributed by atoms with Crippen LogP contribution in [0.4, 0.5) is 4.39 Å². The lowest BCUT2D eigenvalue weighted by molar-refractivity contribution is 0.601. The van der Waals surface area contributed by atoms with Crippen molar-refractivity contribution in [3.63, 3.8) is 0 Å². The lowest BCUT2D eigenvalue weighted by Crippen LogP contribution is -2.09. The van der Waals surface area contributed by atoms with Crippen molar-refractivity contribution in [2.45, 2.75) is 10.1 Å². The molecule has 0 amide bonds. The summed E-state index contributed by atoms with van der Waals surface area (Å²) in [5.41, 5.74) is 6.89. The van der Waals surface area contributed by atoms with Crippen LogP contribution in [-0.4, -0.2) is 6.54 Å². The third kappa shape index (κ3) is 3.34. The highest BCUT2D eigenvalue weighted by Crippen LogP contribution is 2.36. The summed E-state index contributed by atoms with van der Waals surface area (Å²) in [4.78, 5) is 0.632. The van der Waals surface area contributed by atoms with Gasteiger partial charge in [-0.3, -0.25) is 0 Å². The van der Waals surface area contributed by atoms with Gasteiger partial charge in [0.25, 0.3) is 0 Å². The highest BCUT2D eigenvalue weighted by Gasteiger charge is 2.13. The molecule has 1 atom stereocenters. The molecular formula is C14H13BrFNS. The Balaban J connectivity index is 2.23. The first kappa shape index (κ1) is 13.6. The zero-order valence-corrected chi connectivity index (χ0v) is 12.0. The normalized spacial score (nSPS) is 12.4. The largest absolute Gasteiger partial charge is 0.329 e. The topological polar surface area (TPSA) is 26.0 Å². The van der Waals surface area contributed by atoms with Gasteiger partial charge < -0.3 is 5.73 Å². The Labute approximate surface area is 119 Å². The zero-order chi connectivity index (χ0) is 13.0. The van der Waals surface area contributed by atoms with Gasteiger partial charge in [0.15, 0.2) is 0 Å². The third-order valence-corrected chi connectivity index (χ3v) is 4.37. The van der Waals surface area contributed by atoms with Crippen LogP contribution in [-0.2, 0) is 0 Å². The van der Waals surface area contributed by atoms with Gasteiger partial charge in [-0.05, 0) is 29.8 Å². The molecule has 2 rings (SSSR count). The van der Waals surface area contributed by atoms with Crippen LogP contribution in [0, 0.1) is 5.82 Å². The highest BCUT2D eigenvalue weighted by molar-refractivity contribution is 9.10. The molecule has 94 valence electrons. The van der Waals surface area contributed by atoms with Gasteiger partial charge in [-0.15, -0.1) is 11.8 Å². The zero-order valence-electron chi connectivity index (χ0n) is 9.64. The Morgan fingerprint density at radius 3 is 2.61 bits per heavy atom. The highest BCUT2D eigenvalue weighted by atomic mass is 79.9. The van der Waals surface area contributed by atoms with Crippen molar-refractivity contribution < 1.29 is 4.39 Å². The molecule has 1 unspecified atom stereocenters. The van der Waals surface area contributed by atoms with Gasteiger partial charge >= 0.3 is 0 Å². The molecule has 18 heavy (non-hydrogen) atoms. The minimum atomic E-state index is -0.198. The number of thioether (sulfide) groups is 1. The van der Waals surface area contributed by atoms with Crippen molar-refractivity contribution in [1.29, 1.82) is 0 Å². The van der Waals surface area contributed by atoms with E-state index in [0.717, 1.165) is 10.0 Å². The molecule has 2 N–H and O–H groups in total. The summed E-state index contributed by atoms with van der Waals surface area (Å²) in [7, 11) is 0. The number of rotatable bonds is 4. The van der Waals surface area contributed by atoms with Gasteiger partial charge in [0.05, 0.1) is 0 Å². The predicted molar refractivity (Wildman–Crippen MR) is 78.2 cm³/mol. The summed E-state index contributed by atoms with van der Waals surface area (Å²) in [5.74, 6) is -0.198. The van der Waals surface area contributed by atoms with Crippen molar-refractivity contribution in [3.05, 3.63) is 64.4 Å². The molecule has 0 aliphatic rings. The molecule has 0 heterocycles. The molecule has 0 aliphatic carbocycles. The summed E-state index contributed by atoms with van der Waals surface area (Å²) < 4.78 is 14.6. The Morgan fingerprint density at radius 2 is 1.94 bits per heavy atom. The molecule has 4 heteroatoms. The van der Waals surface area contributed by atoms with Gasteiger partial charge in [0.1, 0.15) is 5.82 Å². The molecule has 0 aliphatic heterocycles. The fourth-order valence-corrected chi connectivity index (χ4v) is 3.09. The Hall–Kier alpha value is -0.840. The predicted octanol–water partition coefficient (Wildman–Crippen LogP) is 4.38. The molecule has 0 fully saturated rings. The molecule has 2 aromatic rings. The molecule has 0 radical (unpaired) electrons.